The highest BCUT2D eigenvalue weighted by Gasteiger charge is 2.60. The van der Waals surface area contributed by atoms with Crippen molar-refractivity contribution in [3.63, 3.8) is 0 Å². The molecule has 1 heterocycles. The Morgan fingerprint density at radius 1 is 1.39 bits per heavy atom. The van der Waals surface area contributed by atoms with Crippen LogP contribution in [0.25, 0.3) is 0 Å². The van der Waals surface area contributed by atoms with E-state index >= 15 is 0 Å². The summed E-state index contributed by atoms with van der Waals surface area (Å²) in [6.45, 7) is 1.48. The Hall–Kier alpha value is -0.700. The lowest BCUT2D eigenvalue weighted by molar-refractivity contribution is -0.287. The number of carbonyl (C=O) groups is 1. The van der Waals surface area contributed by atoms with Gasteiger partial charge >= 0.3 is 18.1 Å². The molecule has 0 unspecified atom stereocenters. The third kappa shape index (κ3) is 2.82. The fourth-order valence-corrected chi connectivity index (χ4v) is 2.68. The highest BCUT2D eigenvalue weighted by Crippen LogP contribution is 2.48. The van der Waals surface area contributed by atoms with E-state index in [9.17, 15) is 26.7 Å². The summed E-state index contributed by atoms with van der Waals surface area (Å²) in [4.78, 5) is 10.0. The predicted octanol–water partition coefficient (Wildman–Crippen LogP) is 4.34. The molecule has 0 aliphatic carbocycles. The summed E-state index contributed by atoms with van der Waals surface area (Å²) in [5.41, 5.74) is -0.347. The molecule has 0 amide bonds. The van der Waals surface area contributed by atoms with Crippen molar-refractivity contribution in [3.05, 3.63) is 20.3 Å². The third-order valence-electron chi connectivity index (χ3n) is 1.85. The van der Waals surface area contributed by atoms with Crippen LogP contribution < -0.4 is 0 Å². The molecular formula is C9H6BrF5O2S. The molecular weight excluding hydrogens is 347 g/mol. The van der Waals surface area contributed by atoms with Crippen molar-refractivity contribution in [1.82, 2.24) is 0 Å². The van der Waals surface area contributed by atoms with E-state index in [2.05, 4.69) is 20.7 Å². The maximum Gasteiger partial charge on any atom is 0.458 e. The monoisotopic (exact) mass is 352 g/mol. The van der Waals surface area contributed by atoms with Gasteiger partial charge in [-0.3, -0.25) is 0 Å². The molecule has 0 spiro atoms. The molecule has 0 N–H and O–H groups in total. The van der Waals surface area contributed by atoms with E-state index in [1.54, 1.807) is 0 Å². The van der Waals surface area contributed by atoms with E-state index in [-0.39, 0.29) is 27.3 Å². The number of esters is 1. The molecule has 18 heavy (non-hydrogen) atoms. The Bertz CT molecular complexity index is 454. The van der Waals surface area contributed by atoms with Crippen LogP contribution in [0.1, 0.15) is 22.2 Å². The molecule has 102 valence electrons. The fraction of sp³-hybridized carbons (Fsp3) is 0.444. The number of thiophene rings is 1. The van der Waals surface area contributed by atoms with Crippen molar-refractivity contribution < 1.29 is 31.5 Å². The maximum absolute atomic E-state index is 13.0. The zero-order chi connectivity index (χ0) is 14.1. The van der Waals surface area contributed by atoms with Gasteiger partial charge in [0.05, 0.1) is 20.8 Å². The molecule has 1 aromatic rings. The highest BCUT2D eigenvalue weighted by molar-refractivity contribution is 9.11. The van der Waals surface area contributed by atoms with Crippen molar-refractivity contribution in [1.29, 1.82) is 0 Å². The van der Waals surface area contributed by atoms with Gasteiger partial charge in [-0.2, -0.15) is 22.0 Å². The van der Waals surface area contributed by atoms with Gasteiger partial charge in [-0.15, -0.1) is 11.3 Å². The lowest BCUT2D eigenvalue weighted by atomic mass is 10.2. The van der Waals surface area contributed by atoms with Gasteiger partial charge in [0.2, 0.25) is 0 Å². The first kappa shape index (κ1) is 15.4. The van der Waals surface area contributed by atoms with E-state index in [4.69, 9.17) is 0 Å². The van der Waals surface area contributed by atoms with Crippen LogP contribution in [-0.4, -0.2) is 18.8 Å². The Labute approximate surface area is 111 Å². The van der Waals surface area contributed by atoms with Gasteiger partial charge in [0.1, 0.15) is 0 Å². The molecule has 1 aromatic heterocycles. The Morgan fingerprint density at radius 2 is 1.94 bits per heavy atom. The molecule has 0 saturated heterocycles. The van der Waals surface area contributed by atoms with Gasteiger partial charge in [-0.25, -0.2) is 4.79 Å². The Balaban J connectivity index is 3.16. The molecule has 0 radical (unpaired) electrons. The predicted molar refractivity (Wildman–Crippen MR) is 57.9 cm³/mol. The number of ether oxygens (including phenoxy) is 1. The summed E-state index contributed by atoms with van der Waals surface area (Å²) < 4.78 is 66.8. The molecule has 0 aromatic carbocycles. The normalized spacial score (nSPS) is 12.6. The number of halogens is 6. The molecule has 0 fully saturated rings. The van der Waals surface area contributed by atoms with E-state index in [0.29, 0.717) is 6.07 Å². The molecule has 0 bridgehead atoms. The molecule has 9 heteroatoms. The minimum Gasteiger partial charge on any atom is -0.462 e. The van der Waals surface area contributed by atoms with Crippen LogP contribution in [0.5, 0.6) is 0 Å². The van der Waals surface area contributed by atoms with Crippen LogP contribution in [0.15, 0.2) is 9.85 Å². The zero-order valence-electron chi connectivity index (χ0n) is 8.78. The quantitative estimate of drug-likeness (QED) is 0.597. The minimum atomic E-state index is -5.71. The van der Waals surface area contributed by atoms with Crippen LogP contribution in [0.4, 0.5) is 22.0 Å². The van der Waals surface area contributed by atoms with Gasteiger partial charge in [-0.1, -0.05) is 0 Å². The van der Waals surface area contributed by atoms with Crippen molar-refractivity contribution in [3.8, 4) is 0 Å². The SMILES string of the molecule is CCOC(=O)c1cc(C(F)(F)C(F)(F)F)sc1Br. The molecule has 0 aliphatic rings. The minimum absolute atomic E-state index is 0.00782. The number of rotatable bonds is 3. The van der Waals surface area contributed by atoms with Crippen molar-refractivity contribution in [2.75, 3.05) is 6.61 Å². The van der Waals surface area contributed by atoms with Crippen LogP contribution >= 0.6 is 27.3 Å². The number of hydrogen-bond acceptors (Lipinski definition) is 3. The summed E-state index contributed by atoms with van der Waals surface area (Å²) in [5, 5.41) is 0. The van der Waals surface area contributed by atoms with E-state index in [1.165, 1.54) is 6.92 Å². The number of hydrogen-bond donors (Lipinski definition) is 0. The van der Waals surface area contributed by atoms with Gasteiger partial charge in [0.25, 0.3) is 0 Å². The van der Waals surface area contributed by atoms with Crippen molar-refractivity contribution >= 4 is 33.2 Å². The van der Waals surface area contributed by atoms with Crippen molar-refractivity contribution in [2.24, 2.45) is 0 Å². The molecule has 0 aliphatic heterocycles. The summed E-state index contributed by atoms with van der Waals surface area (Å²) in [7, 11) is 0. The summed E-state index contributed by atoms with van der Waals surface area (Å²) in [6, 6.07) is 0.486. The van der Waals surface area contributed by atoms with Crippen LogP contribution in [0.3, 0.4) is 0 Å². The average molecular weight is 353 g/mol. The number of carbonyl (C=O) groups excluding carboxylic acids is 1. The van der Waals surface area contributed by atoms with Gasteiger partial charge in [0, 0.05) is 0 Å². The van der Waals surface area contributed by atoms with Gasteiger partial charge in [0.15, 0.2) is 0 Å². The second-order valence-corrected chi connectivity index (χ2v) is 5.46. The Morgan fingerprint density at radius 3 is 2.39 bits per heavy atom. The highest BCUT2D eigenvalue weighted by atomic mass is 79.9. The number of alkyl halides is 5. The summed E-state index contributed by atoms with van der Waals surface area (Å²) in [5.74, 6) is -5.95. The zero-order valence-corrected chi connectivity index (χ0v) is 11.2. The second-order valence-electron chi connectivity index (χ2n) is 3.09. The van der Waals surface area contributed by atoms with Crippen molar-refractivity contribution in [2.45, 2.75) is 19.0 Å². The van der Waals surface area contributed by atoms with Gasteiger partial charge < -0.3 is 4.74 Å². The van der Waals surface area contributed by atoms with Crippen LogP contribution in [0, 0.1) is 0 Å². The smallest absolute Gasteiger partial charge is 0.458 e. The van der Waals surface area contributed by atoms with Crippen LogP contribution in [0.2, 0.25) is 0 Å². The lowest BCUT2D eigenvalue weighted by Gasteiger charge is -2.17. The molecule has 0 atom stereocenters. The van der Waals surface area contributed by atoms with Gasteiger partial charge in [-0.05, 0) is 28.9 Å². The van der Waals surface area contributed by atoms with E-state index in [1.807, 2.05) is 0 Å². The maximum atomic E-state index is 13.0. The van der Waals surface area contributed by atoms with Crippen LogP contribution in [-0.2, 0) is 10.7 Å². The largest absolute Gasteiger partial charge is 0.462 e. The lowest BCUT2D eigenvalue weighted by Crippen LogP contribution is -2.32. The first-order chi connectivity index (χ1) is 8.11. The summed E-state index contributed by atoms with van der Waals surface area (Å²) >= 11 is 2.91. The standard InChI is InChI=1S/C9H6BrF5O2S/c1-2-17-7(16)4-3-5(18-6(4)10)8(11,12)9(13,14)15/h3H,2H2,1H3. The first-order valence-corrected chi connectivity index (χ1v) is 6.13. The topological polar surface area (TPSA) is 26.3 Å². The second kappa shape index (κ2) is 5.12. The molecule has 0 saturated carbocycles. The Kier molecular flexibility index (Phi) is 4.37. The molecule has 1 rings (SSSR count). The summed E-state index contributed by atoms with van der Waals surface area (Å²) in [6.07, 6.45) is -5.71. The third-order valence-corrected chi connectivity index (χ3v) is 3.75. The average Bonchev–Trinajstić information content (AvgIpc) is 2.59. The van der Waals surface area contributed by atoms with E-state index < -0.39 is 22.9 Å². The van der Waals surface area contributed by atoms with E-state index in [0.717, 1.165) is 0 Å². The first-order valence-electron chi connectivity index (χ1n) is 4.52. The fourth-order valence-electron chi connectivity index (χ4n) is 1.01. The molecule has 2 nitrogen and oxygen atoms in total.